The van der Waals surface area contributed by atoms with E-state index >= 15 is 0 Å². The van der Waals surface area contributed by atoms with Crippen LogP contribution in [-0.2, 0) is 63.8 Å². The monoisotopic (exact) mass is 1050 g/mol. The molecule has 3 aliphatic rings. The number of esters is 2. The Bertz CT molecular complexity index is 2220. The second kappa shape index (κ2) is 27.6. The SMILES string of the molecule is CC[C@H](C)[C@H]1NC(=O)[C@@H](NC(=O)[C@@H](CC(C)C)N(C)C(=O)[C@@H]2CCCN2C(=O)C(C)=O)[C@@H](C)OC(=O)[C@H](Cc2ccc(OC)cc2)N(C)C(=O)[C@@H]2CCCN2C(=O)[C@H](CC(C)C)NC(=O)[C@H](C(C)C)OC(=O)C[C@@H]1O. The van der Waals surface area contributed by atoms with E-state index in [1.165, 1.54) is 47.7 Å². The minimum atomic E-state index is -1.74. The summed E-state index contributed by atoms with van der Waals surface area (Å²) in [6.07, 6.45) is -3.34. The third-order valence-corrected chi connectivity index (χ3v) is 14.6. The van der Waals surface area contributed by atoms with Gasteiger partial charge in [0, 0.05) is 40.5 Å². The molecule has 0 bridgehead atoms. The first-order valence-electron chi connectivity index (χ1n) is 26.5. The summed E-state index contributed by atoms with van der Waals surface area (Å²) in [6, 6.07) is -1.98. The molecule has 3 fully saturated rings. The van der Waals surface area contributed by atoms with Crippen molar-refractivity contribution in [2.75, 3.05) is 34.3 Å². The number of ether oxygens (including phenoxy) is 3. The Morgan fingerprint density at radius 3 is 2.09 bits per heavy atom. The van der Waals surface area contributed by atoms with Crippen LogP contribution in [0.3, 0.4) is 0 Å². The van der Waals surface area contributed by atoms with Gasteiger partial charge in [-0.2, -0.15) is 0 Å². The number of Topliss-reactive ketones (excluding diaryl/α,β-unsaturated/α-hetero) is 1. The van der Waals surface area contributed by atoms with E-state index in [2.05, 4.69) is 16.0 Å². The average molecular weight is 1050 g/mol. The van der Waals surface area contributed by atoms with Crippen LogP contribution < -0.4 is 20.7 Å². The number of aliphatic hydroxyl groups is 1. The van der Waals surface area contributed by atoms with E-state index in [0.717, 1.165) is 6.92 Å². The quantitative estimate of drug-likeness (QED) is 0.145. The number of hydrogen-bond donors (Lipinski definition) is 4. The number of nitrogens with zero attached hydrogens (tertiary/aromatic N) is 4. The third kappa shape index (κ3) is 16.0. The Hall–Kier alpha value is -6.12. The topological polar surface area (TPSA) is 268 Å². The second-order valence-corrected chi connectivity index (χ2v) is 21.7. The van der Waals surface area contributed by atoms with Gasteiger partial charge in [-0.15, -0.1) is 0 Å². The number of ketones is 1. The van der Waals surface area contributed by atoms with Crippen LogP contribution in [0, 0.1) is 23.7 Å². The van der Waals surface area contributed by atoms with Crippen LogP contribution in [0.4, 0.5) is 0 Å². The van der Waals surface area contributed by atoms with Gasteiger partial charge in [-0.25, -0.2) is 4.79 Å². The van der Waals surface area contributed by atoms with Crippen molar-refractivity contribution in [1.82, 2.24) is 35.6 Å². The maximum absolute atomic E-state index is 14.9. The summed E-state index contributed by atoms with van der Waals surface area (Å²) in [5, 5.41) is 20.1. The number of amides is 7. The maximum atomic E-state index is 14.9. The van der Waals surface area contributed by atoms with Crippen molar-refractivity contribution in [3.05, 3.63) is 29.8 Å². The molecular formula is C54H83N7O14. The molecule has 0 saturated carbocycles. The van der Waals surface area contributed by atoms with Crippen LogP contribution in [-0.4, -0.2) is 179 Å². The number of likely N-dealkylation sites (N-methyl/N-ethyl adjacent to an activating group) is 2. The summed E-state index contributed by atoms with van der Waals surface area (Å²) in [4.78, 5) is 146. The van der Waals surface area contributed by atoms with Gasteiger partial charge < -0.3 is 54.9 Å². The number of benzene rings is 1. The molecule has 0 unspecified atom stereocenters. The molecule has 75 heavy (non-hydrogen) atoms. The first kappa shape index (κ1) is 61.4. The molecular weight excluding hydrogens is 971 g/mol. The van der Waals surface area contributed by atoms with Crippen molar-refractivity contribution in [2.24, 2.45) is 23.7 Å². The minimum Gasteiger partial charge on any atom is -0.497 e. The first-order chi connectivity index (χ1) is 35.2. The molecule has 11 atom stereocenters. The van der Waals surface area contributed by atoms with Crippen molar-refractivity contribution >= 4 is 59.1 Å². The van der Waals surface area contributed by atoms with E-state index in [4.69, 9.17) is 14.2 Å². The number of aliphatic hydroxyl groups excluding tert-OH is 1. The lowest BCUT2D eigenvalue weighted by atomic mass is 9.92. The van der Waals surface area contributed by atoms with Gasteiger partial charge in [0.2, 0.25) is 35.3 Å². The number of nitrogens with one attached hydrogen (secondary N) is 3. The van der Waals surface area contributed by atoms with Crippen LogP contribution in [0.5, 0.6) is 5.75 Å². The molecule has 0 aromatic heterocycles. The summed E-state index contributed by atoms with van der Waals surface area (Å²) in [7, 11) is 4.31. The van der Waals surface area contributed by atoms with E-state index in [1.807, 2.05) is 27.7 Å². The smallest absolute Gasteiger partial charge is 0.329 e. The summed E-state index contributed by atoms with van der Waals surface area (Å²) in [6.45, 7) is 17.0. The van der Waals surface area contributed by atoms with Gasteiger partial charge in [0.05, 0.1) is 25.7 Å². The van der Waals surface area contributed by atoms with Crippen molar-refractivity contribution in [3.63, 3.8) is 0 Å². The normalized spacial score (nSPS) is 26.7. The van der Waals surface area contributed by atoms with Crippen molar-refractivity contribution < 1.29 is 67.3 Å². The van der Waals surface area contributed by atoms with Crippen molar-refractivity contribution in [2.45, 2.75) is 188 Å². The number of cyclic esters (lactones) is 2. The lowest BCUT2D eigenvalue weighted by Gasteiger charge is -2.36. The molecule has 7 amide bonds. The van der Waals surface area contributed by atoms with Gasteiger partial charge in [0.15, 0.2) is 6.10 Å². The summed E-state index contributed by atoms with van der Waals surface area (Å²) in [5.41, 5.74) is 0.592. The van der Waals surface area contributed by atoms with E-state index in [9.17, 15) is 53.1 Å². The Labute approximate surface area is 441 Å². The van der Waals surface area contributed by atoms with Crippen molar-refractivity contribution in [3.8, 4) is 5.75 Å². The minimum absolute atomic E-state index is 0.0748. The van der Waals surface area contributed by atoms with Crippen LogP contribution in [0.15, 0.2) is 24.3 Å². The number of carbonyl (C=O) groups excluding carboxylic acids is 10. The molecule has 3 aliphatic heterocycles. The lowest BCUT2D eigenvalue weighted by molar-refractivity contribution is -0.162. The van der Waals surface area contributed by atoms with E-state index < -0.39 is 138 Å². The summed E-state index contributed by atoms with van der Waals surface area (Å²) >= 11 is 0. The van der Waals surface area contributed by atoms with E-state index in [-0.39, 0.29) is 57.0 Å². The largest absolute Gasteiger partial charge is 0.497 e. The van der Waals surface area contributed by atoms with E-state index in [1.54, 1.807) is 52.0 Å². The highest BCUT2D eigenvalue weighted by Crippen LogP contribution is 2.27. The summed E-state index contributed by atoms with van der Waals surface area (Å²) in [5.74, 6) is -8.67. The molecule has 1 aromatic rings. The van der Waals surface area contributed by atoms with Gasteiger partial charge in [0.1, 0.15) is 48.1 Å². The molecule has 0 radical (unpaired) electrons. The highest BCUT2D eigenvalue weighted by atomic mass is 16.6. The predicted molar refractivity (Wildman–Crippen MR) is 275 cm³/mol. The number of likely N-dealkylation sites (tertiary alicyclic amines) is 1. The number of carbonyl (C=O) groups is 10. The van der Waals surface area contributed by atoms with Gasteiger partial charge in [-0.3, -0.25) is 43.2 Å². The molecule has 21 heteroatoms. The molecule has 3 heterocycles. The van der Waals surface area contributed by atoms with Gasteiger partial charge >= 0.3 is 11.9 Å². The van der Waals surface area contributed by atoms with Gasteiger partial charge in [-0.1, -0.05) is 73.9 Å². The molecule has 418 valence electrons. The van der Waals surface area contributed by atoms with Gasteiger partial charge in [0.25, 0.3) is 11.8 Å². The van der Waals surface area contributed by atoms with Crippen LogP contribution in [0.2, 0.25) is 0 Å². The van der Waals surface area contributed by atoms with Crippen LogP contribution in [0.1, 0.15) is 126 Å². The molecule has 0 spiro atoms. The molecule has 4 rings (SSSR count). The Kier molecular flexibility index (Phi) is 22.6. The Morgan fingerprint density at radius 1 is 0.880 bits per heavy atom. The maximum Gasteiger partial charge on any atom is 0.329 e. The summed E-state index contributed by atoms with van der Waals surface area (Å²) < 4.78 is 17.2. The Balaban J connectivity index is 1.87. The fourth-order valence-electron chi connectivity index (χ4n) is 10.0. The number of hydrogen-bond acceptors (Lipinski definition) is 14. The van der Waals surface area contributed by atoms with Gasteiger partial charge in [-0.05, 0) is 86.8 Å². The highest BCUT2D eigenvalue weighted by Gasteiger charge is 2.45. The molecule has 3 saturated heterocycles. The number of rotatable bonds is 15. The fourth-order valence-corrected chi connectivity index (χ4v) is 10.0. The molecule has 4 N–H and O–H groups in total. The molecule has 1 aromatic carbocycles. The fraction of sp³-hybridized carbons (Fsp3) is 0.704. The first-order valence-corrected chi connectivity index (χ1v) is 26.5. The zero-order valence-corrected chi connectivity index (χ0v) is 46.2. The number of fused-ring (bicyclic) bond motifs is 1. The predicted octanol–water partition coefficient (Wildman–Crippen LogP) is 2.32. The zero-order chi connectivity index (χ0) is 56.2. The Morgan fingerprint density at radius 2 is 1.52 bits per heavy atom. The van der Waals surface area contributed by atoms with Crippen LogP contribution >= 0.6 is 0 Å². The molecule has 0 aliphatic carbocycles. The highest BCUT2D eigenvalue weighted by molar-refractivity contribution is 6.35. The third-order valence-electron chi connectivity index (χ3n) is 14.6. The van der Waals surface area contributed by atoms with Crippen LogP contribution in [0.25, 0.3) is 0 Å². The van der Waals surface area contributed by atoms with Crippen molar-refractivity contribution in [1.29, 1.82) is 0 Å². The van der Waals surface area contributed by atoms with E-state index in [0.29, 0.717) is 30.6 Å². The zero-order valence-electron chi connectivity index (χ0n) is 46.2. The molecule has 21 nitrogen and oxygen atoms in total. The standard InChI is InChI=1S/C54H83N7O14/c1-14-32(8)44-42(63)28-43(64)75-46(31(6)7)49(67)55-37(25-29(2)3)51(69)61-24-16-18-39(61)53(71)59(12)41(27-35-19-21-36(73-13)22-20-35)54(72)74-34(10)45(48(66)56-44)57-47(65)40(26-30(4)5)58(11)52(70)38-17-15-23-60(38)50(68)33(9)62/h19-22,29-32,34,37-42,44-46,63H,14-18,23-28H2,1-13H3,(H,55,67)(H,56,66)(H,57,65)/t32-,34+,37-,38-,39-,40+,41-,42-,44+,45-,46-/m0/s1. The average Bonchev–Trinajstić information content (AvgIpc) is 4.06. The number of methoxy groups -OCH3 is 1. The lowest BCUT2D eigenvalue weighted by Crippen LogP contribution is -2.62. The second-order valence-electron chi connectivity index (χ2n) is 21.7.